The minimum atomic E-state index is -5.18. The first-order valence-electron chi connectivity index (χ1n) is 23.9. The predicted octanol–water partition coefficient (Wildman–Crippen LogP) is 7.55. The van der Waals surface area contributed by atoms with Crippen molar-refractivity contribution in [1.82, 2.24) is 0 Å². The van der Waals surface area contributed by atoms with Crippen LogP contribution in [0.1, 0.15) is 129 Å². The maximum atomic E-state index is 12.8. The highest BCUT2D eigenvalue weighted by Gasteiger charge is 2.51. The molecule has 67 heavy (non-hydrogen) atoms. The Balaban J connectivity index is 2.59. The van der Waals surface area contributed by atoms with Gasteiger partial charge >= 0.3 is 19.8 Å². The van der Waals surface area contributed by atoms with E-state index in [-0.39, 0.29) is 12.8 Å². The molecule has 1 saturated carbocycles. The number of carbonyl (C=O) groups excluding carboxylic acids is 2. The first-order chi connectivity index (χ1) is 32.2. The van der Waals surface area contributed by atoms with E-state index < -0.39 is 87.9 Å². The van der Waals surface area contributed by atoms with Crippen molar-refractivity contribution in [3.8, 4) is 0 Å². The zero-order chi connectivity index (χ0) is 49.5. The molecule has 0 aromatic heterocycles. The fourth-order valence-electron chi connectivity index (χ4n) is 6.38. The van der Waals surface area contributed by atoms with Crippen molar-refractivity contribution in [1.29, 1.82) is 0 Å². The Bertz CT molecular complexity index is 1620. The lowest BCUT2D eigenvalue weighted by Gasteiger charge is -2.41. The smallest absolute Gasteiger partial charge is 0.462 e. The molecule has 0 radical (unpaired) electrons. The number of phosphoric ester groups is 1. The van der Waals surface area contributed by atoms with Crippen molar-refractivity contribution in [3.63, 3.8) is 0 Å². The molecule has 0 amide bonds. The Hall–Kier alpha value is -3.57. The number of ether oxygens (including phenoxy) is 2. The summed E-state index contributed by atoms with van der Waals surface area (Å²) in [5, 5.41) is 70.2. The Morgan fingerprint density at radius 2 is 1.04 bits per heavy atom. The Kier molecular flexibility index (Phi) is 36.0. The molecule has 0 aromatic carbocycles. The van der Waals surface area contributed by atoms with E-state index in [4.69, 9.17) is 18.5 Å². The van der Waals surface area contributed by atoms with Crippen LogP contribution in [0.3, 0.4) is 0 Å². The van der Waals surface area contributed by atoms with Crippen LogP contribution in [-0.2, 0) is 32.7 Å². The number of allylic oxidation sites excluding steroid dienone is 14. The van der Waals surface area contributed by atoms with Crippen molar-refractivity contribution >= 4 is 19.8 Å². The molecule has 15 nitrogen and oxygen atoms in total. The van der Waals surface area contributed by atoms with Crippen molar-refractivity contribution in [3.05, 3.63) is 109 Å². The molecule has 8 N–H and O–H groups in total. The molecule has 0 saturated heterocycles. The number of hydrogen-bond donors (Lipinski definition) is 8. The standard InChI is InChI=1S/C51H81O15P/c1-3-5-7-8-9-10-11-12-13-14-15-16-17-18-19-24-32-38-45(55)65-43(40-64-67(61,62)66-51-49(59)47(57)46(56)48(58)50(51)60)39-63-44(54)37-31-23-21-20-22-28-34-42(53)36-30-26-25-29-35-41(52)33-27-6-4-2/h6,12-13,15-16,18-19,21-23,25-30,35-36,41-43,46-53,56-60H,3-5,7-11,14,17,20,24,31-34,37-40H2,1-2H3,(H,61,62)/b13-12-,16-15-,19-18-,23-21-,26-25-,27-6-,28-22-,35-29+,36-30+/t41-,42+,43-,46?,47-,48+,49-,50-,51?/m1/s1. The van der Waals surface area contributed by atoms with Gasteiger partial charge in [-0.15, -0.1) is 0 Å². The van der Waals surface area contributed by atoms with Gasteiger partial charge in [0.2, 0.25) is 0 Å². The summed E-state index contributed by atoms with van der Waals surface area (Å²) in [4.78, 5) is 35.7. The van der Waals surface area contributed by atoms with Gasteiger partial charge in [0.05, 0.1) is 18.8 Å². The third-order valence-corrected chi connectivity index (χ3v) is 11.3. The average molecular weight is 965 g/mol. The Labute approximate surface area is 398 Å². The molecule has 1 fully saturated rings. The van der Waals surface area contributed by atoms with E-state index in [0.29, 0.717) is 38.5 Å². The van der Waals surface area contributed by atoms with Crippen LogP contribution in [0.25, 0.3) is 0 Å². The molecule has 0 heterocycles. The number of carbonyl (C=O) groups is 2. The third-order valence-electron chi connectivity index (χ3n) is 10.3. The molecule has 0 aromatic rings. The second-order valence-corrected chi connectivity index (χ2v) is 17.7. The number of hydrogen-bond acceptors (Lipinski definition) is 14. The van der Waals surface area contributed by atoms with Crippen LogP contribution in [-0.4, -0.2) is 121 Å². The minimum absolute atomic E-state index is 0.0197. The number of aliphatic hydroxyl groups is 7. The van der Waals surface area contributed by atoms with Gasteiger partial charge in [0.25, 0.3) is 0 Å². The normalized spacial score (nSPS) is 23.1. The first-order valence-corrected chi connectivity index (χ1v) is 25.4. The van der Waals surface area contributed by atoms with Crippen molar-refractivity contribution in [2.45, 2.75) is 184 Å². The number of unbranched alkanes of at least 4 members (excludes halogenated alkanes) is 7. The quantitative estimate of drug-likeness (QED) is 0.00984. The summed E-state index contributed by atoms with van der Waals surface area (Å²) in [5.74, 6) is -1.34. The van der Waals surface area contributed by atoms with E-state index in [9.17, 15) is 54.8 Å². The zero-order valence-electron chi connectivity index (χ0n) is 39.6. The van der Waals surface area contributed by atoms with Crippen LogP contribution in [0.2, 0.25) is 0 Å². The van der Waals surface area contributed by atoms with Crippen LogP contribution >= 0.6 is 7.82 Å². The second kappa shape index (κ2) is 39.3. The fourth-order valence-corrected chi connectivity index (χ4v) is 7.36. The van der Waals surface area contributed by atoms with Crippen LogP contribution in [0.4, 0.5) is 0 Å². The van der Waals surface area contributed by atoms with E-state index in [1.54, 1.807) is 42.5 Å². The average Bonchev–Trinajstić information content (AvgIpc) is 3.30. The molecular formula is C51H81O15P. The molecule has 10 atom stereocenters. The summed E-state index contributed by atoms with van der Waals surface area (Å²) in [6.45, 7) is 2.90. The highest BCUT2D eigenvalue weighted by Crippen LogP contribution is 2.47. The maximum absolute atomic E-state index is 12.8. The Morgan fingerprint density at radius 1 is 0.552 bits per heavy atom. The highest BCUT2D eigenvalue weighted by atomic mass is 31.2. The molecule has 380 valence electrons. The van der Waals surface area contributed by atoms with Crippen LogP contribution in [0.5, 0.6) is 0 Å². The van der Waals surface area contributed by atoms with Gasteiger partial charge < -0.3 is 50.1 Å². The molecule has 1 aliphatic rings. The zero-order valence-corrected chi connectivity index (χ0v) is 40.5. The van der Waals surface area contributed by atoms with Gasteiger partial charge in [0, 0.05) is 12.8 Å². The summed E-state index contributed by atoms with van der Waals surface area (Å²) in [5.41, 5.74) is 0. The van der Waals surface area contributed by atoms with E-state index in [1.807, 2.05) is 49.5 Å². The van der Waals surface area contributed by atoms with Gasteiger partial charge in [0.15, 0.2) is 6.10 Å². The van der Waals surface area contributed by atoms with Crippen molar-refractivity contribution < 1.29 is 73.3 Å². The van der Waals surface area contributed by atoms with E-state index in [1.165, 1.54) is 38.5 Å². The molecule has 3 unspecified atom stereocenters. The number of phosphoric acid groups is 1. The second-order valence-electron chi connectivity index (χ2n) is 16.3. The molecule has 0 bridgehead atoms. The lowest BCUT2D eigenvalue weighted by molar-refractivity contribution is -0.220. The molecular weight excluding hydrogens is 884 g/mol. The summed E-state index contributed by atoms with van der Waals surface area (Å²) in [7, 11) is -5.18. The Morgan fingerprint density at radius 3 is 1.63 bits per heavy atom. The topological polar surface area (TPSA) is 250 Å². The van der Waals surface area contributed by atoms with Gasteiger partial charge in [-0.1, -0.05) is 155 Å². The largest absolute Gasteiger partial charge is 0.472 e. The summed E-state index contributed by atoms with van der Waals surface area (Å²) < 4.78 is 33.3. The first kappa shape index (κ1) is 61.4. The summed E-state index contributed by atoms with van der Waals surface area (Å²) in [6, 6.07) is 0. The SMILES string of the molecule is CC/C=C\C[C@@H](O)/C=C/C=C\C=C\[C@@H](O)C/C=C\C/C=C\CCC(=O)OC[C@H](COP(=O)(O)OC1[C@H](O)[C@H](O)C(O)[C@H](O)[C@H]1O)OC(=O)CCC/C=C\C/C=C\C/C=C\CCCCCCCC. The fraction of sp³-hybridized carbons (Fsp3) is 0.608. The van der Waals surface area contributed by atoms with Crippen molar-refractivity contribution in [2.75, 3.05) is 13.2 Å². The molecule has 16 heteroatoms. The third kappa shape index (κ3) is 32.0. The molecule has 0 spiro atoms. The lowest BCUT2D eigenvalue weighted by Crippen LogP contribution is -2.64. The van der Waals surface area contributed by atoms with E-state index in [2.05, 4.69) is 31.2 Å². The highest BCUT2D eigenvalue weighted by molar-refractivity contribution is 7.47. The van der Waals surface area contributed by atoms with Gasteiger partial charge in [-0.2, -0.15) is 0 Å². The lowest BCUT2D eigenvalue weighted by atomic mass is 9.85. The summed E-state index contributed by atoms with van der Waals surface area (Å²) >= 11 is 0. The van der Waals surface area contributed by atoms with Gasteiger partial charge in [-0.25, -0.2) is 4.57 Å². The number of esters is 2. The predicted molar refractivity (Wildman–Crippen MR) is 260 cm³/mol. The van der Waals surface area contributed by atoms with Crippen molar-refractivity contribution in [2.24, 2.45) is 0 Å². The molecule has 1 rings (SSSR count). The monoisotopic (exact) mass is 965 g/mol. The van der Waals surface area contributed by atoms with Crippen LogP contribution < -0.4 is 0 Å². The molecule has 1 aliphatic carbocycles. The maximum Gasteiger partial charge on any atom is 0.472 e. The number of aliphatic hydroxyl groups excluding tert-OH is 7. The number of rotatable bonds is 37. The molecule has 0 aliphatic heterocycles. The van der Waals surface area contributed by atoms with Gasteiger partial charge in [-0.3, -0.25) is 18.6 Å². The van der Waals surface area contributed by atoms with E-state index in [0.717, 1.165) is 25.7 Å². The minimum Gasteiger partial charge on any atom is -0.462 e. The van der Waals surface area contributed by atoms with Gasteiger partial charge in [-0.05, 0) is 70.6 Å². The van der Waals surface area contributed by atoms with Gasteiger partial charge in [0.1, 0.15) is 43.2 Å². The van der Waals surface area contributed by atoms with Crippen LogP contribution in [0.15, 0.2) is 109 Å². The van der Waals surface area contributed by atoms with E-state index >= 15 is 0 Å². The summed E-state index contributed by atoms with van der Waals surface area (Å²) in [6.07, 6.45) is 33.6. The van der Waals surface area contributed by atoms with Crippen LogP contribution in [0, 0.1) is 0 Å².